The van der Waals surface area contributed by atoms with Crippen LogP contribution in [0.5, 0.6) is 0 Å². The van der Waals surface area contributed by atoms with Crippen LogP contribution < -0.4 is 0 Å². The molecule has 216 valence electrons. The molecule has 4 atom stereocenters. The van der Waals surface area contributed by atoms with Crippen molar-refractivity contribution in [2.75, 3.05) is 0 Å². The first-order valence-electron chi connectivity index (χ1n) is 15.3. The minimum atomic E-state index is -1.26. The van der Waals surface area contributed by atoms with E-state index in [2.05, 4.69) is 17.0 Å². The largest absolute Gasteiger partial charge is 0.425 e. The number of hydrogen-bond donors (Lipinski definition) is 0. The second-order valence-electron chi connectivity index (χ2n) is 12.0. The van der Waals surface area contributed by atoms with E-state index in [1.807, 2.05) is 109 Å². The van der Waals surface area contributed by atoms with Crippen molar-refractivity contribution in [1.82, 2.24) is 4.90 Å². The van der Waals surface area contributed by atoms with Crippen LogP contribution in [0, 0.1) is 5.41 Å². The fourth-order valence-corrected chi connectivity index (χ4v) is 7.85. The van der Waals surface area contributed by atoms with Crippen LogP contribution >= 0.6 is 11.6 Å². The number of esters is 1. The molecule has 5 heteroatoms. The third-order valence-corrected chi connectivity index (χ3v) is 9.81. The molecule has 0 unspecified atom stereocenters. The molecule has 4 nitrogen and oxygen atoms in total. The van der Waals surface area contributed by atoms with Crippen molar-refractivity contribution in [3.8, 4) is 0 Å². The molecule has 3 aliphatic rings. The van der Waals surface area contributed by atoms with E-state index in [9.17, 15) is 9.59 Å². The molecule has 0 radical (unpaired) electrons. The Balaban J connectivity index is 1.53. The second kappa shape index (κ2) is 11.6. The highest BCUT2D eigenvalue weighted by molar-refractivity contribution is 6.30. The van der Waals surface area contributed by atoms with E-state index in [-0.39, 0.29) is 29.8 Å². The molecule has 0 amide bonds. The van der Waals surface area contributed by atoms with E-state index >= 15 is 0 Å². The lowest BCUT2D eigenvalue weighted by molar-refractivity contribution is -0.144. The summed E-state index contributed by atoms with van der Waals surface area (Å²) >= 11 is 6.40. The Morgan fingerprint density at radius 3 is 2.00 bits per heavy atom. The van der Waals surface area contributed by atoms with E-state index < -0.39 is 11.5 Å². The molecule has 1 aliphatic carbocycles. The van der Waals surface area contributed by atoms with E-state index in [4.69, 9.17) is 16.3 Å². The van der Waals surface area contributed by atoms with Crippen molar-refractivity contribution in [2.45, 2.75) is 56.1 Å². The molecule has 4 aromatic carbocycles. The van der Waals surface area contributed by atoms with Gasteiger partial charge in [-0.1, -0.05) is 134 Å². The summed E-state index contributed by atoms with van der Waals surface area (Å²) in [5.41, 5.74) is 2.21. The van der Waals surface area contributed by atoms with E-state index in [0.717, 1.165) is 42.4 Å². The normalized spacial score (nSPS) is 25.9. The Morgan fingerprint density at radius 1 is 0.744 bits per heavy atom. The first kappa shape index (κ1) is 27.8. The van der Waals surface area contributed by atoms with Gasteiger partial charge in [-0.15, -0.1) is 0 Å². The topological polar surface area (TPSA) is 46.6 Å². The summed E-state index contributed by atoms with van der Waals surface area (Å²) in [5.74, 6) is -0.306. The zero-order valence-electron chi connectivity index (χ0n) is 23.9. The van der Waals surface area contributed by atoms with Gasteiger partial charge in [0.1, 0.15) is 11.2 Å². The van der Waals surface area contributed by atoms with Crippen LogP contribution in [-0.4, -0.2) is 28.7 Å². The lowest BCUT2D eigenvalue weighted by atomic mass is 9.66. The highest BCUT2D eigenvalue weighted by Crippen LogP contribution is 2.63. The van der Waals surface area contributed by atoms with Crippen LogP contribution in [0.4, 0.5) is 0 Å². The third kappa shape index (κ3) is 4.83. The molecular weight excluding hydrogens is 554 g/mol. The second-order valence-corrected chi connectivity index (χ2v) is 12.4. The SMILES string of the molecule is O=C(c1ccccc1)[C@H]1N(C2CCCCC2)[C@H](c2ccccc2)[C@@H](c2ccc(Cl)cc2)[C@@]12C=C(c1ccccc1)OC2=O. The number of Topliss-reactive ketones (excluding diaryl/α,β-unsaturated/α-hetero) is 1. The van der Waals surface area contributed by atoms with Crippen molar-refractivity contribution in [2.24, 2.45) is 5.41 Å². The molecule has 2 heterocycles. The van der Waals surface area contributed by atoms with E-state index in [0.29, 0.717) is 16.3 Å². The van der Waals surface area contributed by atoms with Crippen molar-refractivity contribution in [1.29, 1.82) is 0 Å². The first-order chi connectivity index (χ1) is 21.1. The Morgan fingerprint density at radius 2 is 1.35 bits per heavy atom. The summed E-state index contributed by atoms with van der Waals surface area (Å²) in [4.78, 5) is 32.1. The number of ketones is 1. The minimum Gasteiger partial charge on any atom is -0.425 e. The standard InChI is InChI=1S/C38H34ClNO3/c39-30-23-21-27(22-24-30)33-34(28-15-7-2-8-16-28)40(31-19-11-4-12-20-31)36(35(41)29-17-9-3-10-18-29)38(33)25-32(43-37(38)42)26-13-5-1-6-14-26/h1-3,5-10,13-18,21-25,31,33-34,36H,4,11-12,19-20H2/t33-,34-,36-,38+/m1/s1. The van der Waals surface area contributed by atoms with Gasteiger partial charge in [-0.05, 0) is 42.2 Å². The molecule has 2 fully saturated rings. The number of nitrogens with zero attached hydrogens (tertiary/aromatic N) is 1. The number of benzene rings is 4. The number of likely N-dealkylation sites (tertiary alicyclic amines) is 1. The summed E-state index contributed by atoms with van der Waals surface area (Å²) in [5, 5.41) is 0.627. The highest BCUT2D eigenvalue weighted by Gasteiger charge is 2.69. The van der Waals surface area contributed by atoms with Gasteiger partial charge in [0, 0.05) is 34.2 Å². The maximum Gasteiger partial charge on any atom is 0.324 e. The maximum atomic E-state index is 15.0. The molecular formula is C38H34ClNO3. The number of carbonyl (C=O) groups excluding carboxylic acids is 2. The molecule has 4 aromatic rings. The van der Waals surface area contributed by atoms with Crippen LogP contribution in [0.3, 0.4) is 0 Å². The molecule has 0 bridgehead atoms. The summed E-state index contributed by atoms with van der Waals surface area (Å²) in [6, 6.07) is 36.5. The predicted molar refractivity (Wildman–Crippen MR) is 170 cm³/mol. The zero-order chi connectivity index (χ0) is 29.4. The van der Waals surface area contributed by atoms with Gasteiger partial charge in [-0.2, -0.15) is 0 Å². The number of rotatable bonds is 6. The Labute approximate surface area is 258 Å². The van der Waals surface area contributed by atoms with Crippen molar-refractivity contribution >= 4 is 29.1 Å². The maximum absolute atomic E-state index is 15.0. The minimum absolute atomic E-state index is 0.0499. The van der Waals surface area contributed by atoms with Crippen molar-refractivity contribution in [3.05, 3.63) is 149 Å². The number of cyclic esters (lactones) is 1. The first-order valence-corrected chi connectivity index (χ1v) is 15.6. The van der Waals surface area contributed by atoms with Crippen molar-refractivity contribution in [3.63, 3.8) is 0 Å². The zero-order valence-corrected chi connectivity index (χ0v) is 24.7. The van der Waals surface area contributed by atoms with Crippen LogP contribution in [0.15, 0.2) is 121 Å². The van der Waals surface area contributed by atoms with Crippen LogP contribution in [0.2, 0.25) is 5.02 Å². The summed E-state index contributed by atoms with van der Waals surface area (Å²) in [6.45, 7) is 0. The van der Waals surface area contributed by atoms with Crippen molar-refractivity contribution < 1.29 is 14.3 Å². The fraction of sp³-hybridized carbons (Fsp3) is 0.263. The third-order valence-electron chi connectivity index (χ3n) is 9.56. The monoisotopic (exact) mass is 587 g/mol. The Bertz CT molecular complexity index is 1630. The molecule has 0 N–H and O–H groups in total. The quantitative estimate of drug-likeness (QED) is 0.167. The van der Waals surface area contributed by atoms with E-state index in [1.165, 1.54) is 6.42 Å². The lowest BCUT2D eigenvalue weighted by Gasteiger charge is -2.40. The molecule has 1 saturated heterocycles. The summed E-state index contributed by atoms with van der Waals surface area (Å²) in [7, 11) is 0. The van der Waals surface area contributed by atoms with Gasteiger partial charge in [-0.3, -0.25) is 14.5 Å². The molecule has 1 spiro atoms. The molecule has 2 aliphatic heterocycles. The average Bonchev–Trinajstić information content (AvgIpc) is 3.57. The highest BCUT2D eigenvalue weighted by atomic mass is 35.5. The Hall–Kier alpha value is -3.99. The predicted octanol–water partition coefficient (Wildman–Crippen LogP) is 8.65. The van der Waals surface area contributed by atoms with Crippen LogP contribution in [-0.2, 0) is 9.53 Å². The van der Waals surface area contributed by atoms with Gasteiger partial charge in [0.05, 0.1) is 6.04 Å². The molecule has 7 rings (SSSR count). The number of carbonyl (C=O) groups is 2. The number of ether oxygens (including phenoxy) is 1. The van der Waals surface area contributed by atoms with Crippen LogP contribution in [0.1, 0.15) is 71.1 Å². The van der Waals surface area contributed by atoms with Crippen LogP contribution in [0.25, 0.3) is 5.76 Å². The average molecular weight is 588 g/mol. The van der Waals surface area contributed by atoms with Gasteiger partial charge in [-0.25, -0.2) is 0 Å². The van der Waals surface area contributed by atoms with Gasteiger partial charge >= 0.3 is 5.97 Å². The van der Waals surface area contributed by atoms with Gasteiger partial charge in [0.25, 0.3) is 0 Å². The molecule has 1 saturated carbocycles. The summed E-state index contributed by atoms with van der Waals surface area (Å²) < 4.78 is 6.21. The van der Waals surface area contributed by atoms with E-state index in [1.54, 1.807) is 0 Å². The summed E-state index contributed by atoms with van der Waals surface area (Å²) in [6.07, 6.45) is 7.33. The van der Waals surface area contributed by atoms with Gasteiger partial charge in [0.2, 0.25) is 0 Å². The lowest BCUT2D eigenvalue weighted by Crippen LogP contribution is -2.52. The number of hydrogen-bond acceptors (Lipinski definition) is 4. The molecule has 43 heavy (non-hydrogen) atoms. The molecule has 0 aromatic heterocycles. The number of halogens is 1. The Kier molecular flexibility index (Phi) is 7.50. The smallest absolute Gasteiger partial charge is 0.324 e. The fourth-order valence-electron chi connectivity index (χ4n) is 7.73. The van der Waals surface area contributed by atoms with Gasteiger partial charge < -0.3 is 4.74 Å². The van der Waals surface area contributed by atoms with Gasteiger partial charge in [0.15, 0.2) is 5.78 Å².